The number of unbranched alkanes of at least 4 members (excludes halogenated alkanes) is 13. The molecule has 230 valence electrons. The first-order valence-electron chi connectivity index (χ1n) is 13.3. The summed E-state index contributed by atoms with van der Waals surface area (Å²) in [7, 11) is 2.62. The molecule has 0 rings (SSSR count). The highest BCUT2D eigenvalue weighted by atomic mass is 31.1. The molecule has 0 aromatic rings. The summed E-state index contributed by atoms with van der Waals surface area (Å²) in [5.74, 6) is 0. The van der Waals surface area contributed by atoms with E-state index >= 15 is 0 Å². The highest BCUT2D eigenvalue weighted by Crippen LogP contribution is 2.14. The Bertz CT molecular complexity index is 412. The van der Waals surface area contributed by atoms with Crippen LogP contribution >= 0.6 is 8.25 Å². The van der Waals surface area contributed by atoms with Crippen LogP contribution in [0.5, 0.6) is 0 Å². The van der Waals surface area contributed by atoms with Crippen molar-refractivity contribution in [1.82, 2.24) is 17.2 Å². The first kappa shape index (κ1) is 49.3. The Morgan fingerprint density at radius 1 is 0.811 bits per heavy atom. The monoisotopic (exact) mass is 560 g/mol. The maximum atomic E-state index is 10.3. The molecule has 0 spiro atoms. The van der Waals surface area contributed by atoms with E-state index < -0.39 is 8.25 Å². The van der Waals surface area contributed by atoms with Gasteiger partial charge in [-0.2, -0.15) is 0 Å². The van der Waals surface area contributed by atoms with Crippen molar-refractivity contribution in [1.29, 1.82) is 0 Å². The Hall–Kier alpha value is -0.710. The van der Waals surface area contributed by atoms with Crippen molar-refractivity contribution in [2.24, 2.45) is 10.7 Å². The summed E-state index contributed by atoms with van der Waals surface area (Å²) in [5.41, 5.74) is 4.50. The van der Waals surface area contributed by atoms with Crippen molar-refractivity contribution >= 4 is 14.6 Å². The Morgan fingerprint density at radius 2 is 1.22 bits per heavy atom. The van der Waals surface area contributed by atoms with Gasteiger partial charge in [0.05, 0.1) is 12.9 Å². The summed E-state index contributed by atoms with van der Waals surface area (Å²) in [6, 6.07) is 0. The van der Waals surface area contributed by atoms with Crippen molar-refractivity contribution in [3.8, 4) is 0 Å². The molecule has 0 heterocycles. The lowest BCUT2D eigenvalue weighted by atomic mass is 10.0. The number of aliphatic imine (C=N–C) groups is 1. The van der Waals surface area contributed by atoms with E-state index in [2.05, 4.69) is 22.2 Å². The third-order valence-corrected chi connectivity index (χ3v) is 5.45. The van der Waals surface area contributed by atoms with Gasteiger partial charge in [-0.25, -0.2) is 0 Å². The van der Waals surface area contributed by atoms with E-state index in [0.717, 1.165) is 13.0 Å². The molecule has 0 aromatic heterocycles. The predicted octanol–water partition coefficient (Wildman–Crippen LogP) is 6.64. The Labute approximate surface area is 231 Å². The lowest BCUT2D eigenvalue weighted by Gasteiger charge is -2.08. The normalized spacial score (nSPS) is 10.1. The number of aliphatic hydroxyl groups excluding tert-OH is 1. The van der Waals surface area contributed by atoms with Gasteiger partial charge < -0.3 is 32.8 Å². The molecule has 0 aromatic carbocycles. The molecule has 0 fully saturated rings. The van der Waals surface area contributed by atoms with E-state index in [0.29, 0.717) is 26.2 Å². The molecule has 1 atom stereocenters. The van der Waals surface area contributed by atoms with Crippen LogP contribution in [0.3, 0.4) is 0 Å². The maximum Gasteiger partial charge on any atom is 0.694 e. The summed E-state index contributed by atoms with van der Waals surface area (Å²) in [6.45, 7) is 4.81. The fraction of sp³-hybridized carbons (Fsp3) is 0.962. The van der Waals surface area contributed by atoms with Crippen molar-refractivity contribution in [3.63, 3.8) is 0 Å². The van der Waals surface area contributed by atoms with Gasteiger partial charge in [-0.1, -0.05) is 97.8 Å². The number of ether oxygens (including phenoxy) is 1. The molecule has 0 bridgehead atoms. The number of hydrogen-bond donors (Lipinski definition) is 5. The van der Waals surface area contributed by atoms with Gasteiger partial charge >= 0.3 is 8.25 Å². The van der Waals surface area contributed by atoms with E-state index in [9.17, 15) is 4.57 Å². The molecule has 0 aliphatic rings. The van der Waals surface area contributed by atoms with Gasteiger partial charge in [0.1, 0.15) is 6.61 Å². The van der Waals surface area contributed by atoms with E-state index in [1.807, 2.05) is 11.9 Å². The Kier molecular flexibility index (Phi) is 64.4. The van der Waals surface area contributed by atoms with Crippen LogP contribution in [0.4, 0.5) is 0 Å². The average molecular weight is 561 g/mol. The minimum absolute atomic E-state index is 0. The van der Waals surface area contributed by atoms with Crippen LogP contribution in [0.25, 0.3) is 0 Å². The Morgan fingerprint density at radius 3 is 1.59 bits per heavy atom. The second-order valence-corrected chi connectivity index (χ2v) is 8.94. The minimum Gasteiger partial charge on any atom is -0.395 e. The van der Waals surface area contributed by atoms with Crippen LogP contribution in [0.2, 0.25) is 0 Å². The summed E-state index contributed by atoms with van der Waals surface area (Å²) in [4.78, 5) is 14.0. The summed E-state index contributed by atoms with van der Waals surface area (Å²) in [6.07, 6.45) is 21.5. The van der Waals surface area contributed by atoms with E-state index in [4.69, 9.17) is 14.7 Å². The number of nitrogens with two attached hydrogens (primary N) is 1. The summed E-state index contributed by atoms with van der Waals surface area (Å²) >= 11 is 0. The fourth-order valence-electron chi connectivity index (χ4n) is 3.22. The molecule has 0 aliphatic heterocycles. The van der Waals surface area contributed by atoms with Crippen LogP contribution in [0.1, 0.15) is 111 Å². The zero-order chi connectivity index (χ0) is 26.1. The standard InChI is InChI=1S/C19H39O4P.C5H12N2O.CH5N.CH4.2H3N/c1-2-3-4-5-6-7-8-9-10-11-12-13-14-15-17-22-18-16-19-23-24(20)21;1-6-5-7(2)3-4-8;1-2;;;/h2-19H2,1H3;5,8H,3-4H2,1-2H3;2H2,1H3;1H4;2*1H3/p+1. The van der Waals surface area contributed by atoms with Crippen LogP contribution < -0.4 is 18.0 Å². The highest BCUT2D eigenvalue weighted by molar-refractivity contribution is 7.32. The number of likely N-dealkylation sites (N-methyl/N-ethyl adjacent to an activating group) is 1. The second kappa shape index (κ2) is 48.4. The van der Waals surface area contributed by atoms with Crippen LogP contribution in [-0.2, 0) is 13.8 Å². The molecular weight excluding hydrogens is 493 g/mol. The molecule has 0 saturated carbocycles. The van der Waals surface area contributed by atoms with Crippen LogP contribution in [0.15, 0.2) is 4.99 Å². The zero-order valence-electron chi connectivity index (χ0n) is 24.2. The van der Waals surface area contributed by atoms with Crippen molar-refractivity contribution in [2.45, 2.75) is 111 Å². The predicted molar refractivity (Wildman–Crippen MR) is 163 cm³/mol. The fourth-order valence-corrected chi connectivity index (χ4v) is 3.50. The minimum atomic E-state index is -2.45. The van der Waals surface area contributed by atoms with Gasteiger partial charge in [0, 0.05) is 38.4 Å². The molecule has 10 nitrogen and oxygen atoms in total. The SMILES string of the molecule is C.CCCCCCCCCCCCCCCCOCCCO[P+](=O)O.CN.CN=CN(C)CCO.N.N. The van der Waals surface area contributed by atoms with Crippen molar-refractivity contribution in [2.75, 3.05) is 54.1 Å². The second-order valence-electron chi connectivity index (χ2n) is 8.21. The smallest absolute Gasteiger partial charge is 0.395 e. The molecular formula is C26H67N5O5P+. The number of rotatable bonds is 23. The van der Waals surface area contributed by atoms with Gasteiger partial charge in [0.15, 0.2) is 0 Å². The van der Waals surface area contributed by atoms with E-state index in [1.165, 1.54) is 90.5 Å². The molecule has 0 amide bonds. The largest absolute Gasteiger partial charge is 0.694 e. The van der Waals surface area contributed by atoms with Gasteiger partial charge in [-0.05, 0) is 19.9 Å². The summed E-state index contributed by atoms with van der Waals surface area (Å²) < 4.78 is 20.3. The zero-order valence-corrected chi connectivity index (χ0v) is 25.1. The van der Waals surface area contributed by atoms with Crippen molar-refractivity contribution in [3.05, 3.63) is 0 Å². The Balaban J connectivity index is -0.000000158. The summed E-state index contributed by atoms with van der Waals surface area (Å²) in [5, 5.41) is 8.36. The quantitative estimate of drug-likeness (QED) is 0.0394. The molecule has 1 unspecified atom stereocenters. The molecule has 11 heteroatoms. The number of hydrogen-bond acceptors (Lipinski definition) is 8. The highest BCUT2D eigenvalue weighted by Gasteiger charge is 2.09. The molecule has 0 saturated heterocycles. The molecule has 37 heavy (non-hydrogen) atoms. The third-order valence-electron chi connectivity index (χ3n) is 5.04. The third kappa shape index (κ3) is 56.6. The first-order chi connectivity index (χ1) is 16.6. The topological polar surface area (TPSA) is 188 Å². The lowest BCUT2D eigenvalue weighted by molar-refractivity contribution is 0.115. The van der Waals surface area contributed by atoms with Crippen molar-refractivity contribution < 1.29 is 23.8 Å². The average Bonchev–Trinajstić information content (AvgIpc) is 2.82. The van der Waals surface area contributed by atoms with Gasteiger partial charge in [-0.15, -0.1) is 9.42 Å². The van der Waals surface area contributed by atoms with Crippen LogP contribution in [-0.4, -0.2) is 75.4 Å². The molecule has 0 radical (unpaired) electrons. The number of nitrogens with zero attached hydrogens (tertiary/aromatic N) is 2. The molecule has 10 N–H and O–H groups in total. The lowest BCUT2D eigenvalue weighted by Crippen LogP contribution is -2.19. The van der Waals surface area contributed by atoms with Gasteiger partial charge in [-0.3, -0.25) is 4.99 Å². The first-order valence-corrected chi connectivity index (χ1v) is 14.4. The van der Waals surface area contributed by atoms with E-state index in [1.54, 1.807) is 13.4 Å². The van der Waals surface area contributed by atoms with Crippen LogP contribution in [0, 0.1) is 0 Å². The van der Waals surface area contributed by atoms with Gasteiger partial charge in [0.25, 0.3) is 0 Å². The maximum absolute atomic E-state index is 10.3. The van der Waals surface area contributed by atoms with E-state index in [-0.39, 0.29) is 26.3 Å². The number of aliphatic hydroxyl groups is 1. The van der Waals surface area contributed by atoms with Gasteiger partial charge in [0.2, 0.25) is 0 Å². The molecule has 0 aliphatic carbocycles.